The van der Waals surface area contributed by atoms with Crippen molar-refractivity contribution in [2.75, 3.05) is 19.6 Å². The van der Waals surface area contributed by atoms with Gasteiger partial charge < -0.3 is 10.6 Å². The number of aliphatic imine (C=N–C) groups is 1. The lowest BCUT2D eigenvalue weighted by atomic mass is 9.87. The second kappa shape index (κ2) is 11.3. The maximum atomic E-state index is 12.0. The Balaban J connectivity index is 0.00000312. The molecular weight excluding hydrogens is 471 g/mol. The molecule has 0 spiro atoms. The molecule has 0 radical (unpaired) electrons. The molecule has 0 amide bonds. The largest absolute Gasteiger partial charge is 0.357 e. The average Bonchev–Trinajstić information content (AvgIpc) is 3.09. The topological polar surface area (TPSA) is 82.6 Å². The Labute approximate surface area is 172 Å². The van der Waals surface area contributed by atoms with Gasteiger partial charge >= 0.3 is 0 Å². The number of hydrogen-bond donors (Lipinski definition) is 3. The Morgan fingerprint density at radius 1 is 1.32 bits per heavy atom. The summed E-state index contributed by atoms with van der Waals surface area (Å²) in [4.78, 5) is 4.48. The monoisotopic (exact) mass is 500 g/mol. The van der Waals surface area contributed by atoms with E-state index >= 15 is 0 Å². The van der Waals surface area contributed by atoms with Gasteiger partial charge in [0, 0.05) is 19.1 Å². The number of nitrogens with zero attached hydrogens (tertiary/aromatic N) is 1. The van der Waals surface area contributed by atoms with Crippen molar-refractivity contribution in [1.82, 2.24) is 15.4 Å². The van der Waals surface area contributed by atoms with Crippen LogP contribution in [0.15, 0.2) is 26.7 Å². The van der Waals surface area contributed by atoms with Crippen molar-refractivity contribution in [3.05, 3.63) is 17.5 Å². The number of sulfonamides is 1. The van der Waals surface area contributed by atoms with E-state index in [9.17, 15) is 8.42 Å². The van der Waals surface area contributed by atoms with Crippen LogP contribution >= 0.6 is 35.3 Å². The van der Waals surface area contributed by atoms with Crippen LogP contribution in [0.3, 0.4) is 0 Å². The molecule has 0 unspecified atom stereocenters. The summed E-state index contributed by atoms with van der Waals surface area (Å²) < 4.78 is 27.0. The van der Waals surface area contributed by atoms with E-state index in [4.69, 9.17) is 0 Å². The van der Waals surface area contributed by atoms with Gasteiger partial charge in [0.25, 0.3) is 0 Å². The van der Waals surface area contributed by atoms with E-state index in [0.717, 1.165) is 31.3 Å². The van der Waals surface area contributed by atoms with Gasteiger partial charge in [-0.15, -0.1) is 35.3 Å². The average molecular weight is 500 g/mol. The van der Waals surface area contributed by atoms with Crippen LogP contribution in [-0.2, 0) is 10.0 Å². The van der Waals surface area contributed by atoms with Crippen molar-refractivity contribution in [2.24, 2.45) is 10.9 Å². The second-order valence-electron chi connectivity index (χ2n) is 6.19. The van der Waals surface area contributed by atoms with Gasteiger partial charge in [0.05, 0.1) is 6.54 Å². The second-order valence-corrected chi connectivity index (χ2v) is 9.13. The van der Waals surface area contributed by atoms with E-state index in [0.29, 0.717) is 23.3 Å². The van der Waals surface area contributed by atoms with Gasteiger partial charge in [0.15, 0.2) is 5.96 Å². The highest BCUT2D eigenvalue weighted by molar-refractivity contribution is 14.0. The zero-order valence-electron chi connectivity index (χ0n) is 14.8. The fraction of sp³-hybridized carbons (Fsp3) is 0.688. The molecule has 25 heavy (non-hydrogen) atoms. The molecule has 6 nitrogen and oxygen atoms in total. The molecule has 9 heteroatoms. The van der Waals surface area contributed by atoms with Crippen LogP contribution in [-0.4, -0.2) is 40.1 Å². The van der Waals surface area contributed by atoms with E-state index in [2.05, 4.69) is 27.3 Å². The minimum Gasteiger partial charge on any atom is -0.357 e. The molecule has 1 aliphatic carbocycles. The van der Waals surface area contributed by atoms with Crippen molar-refractivity contribution in [2.45, 2.75) is 49.8 Å². The van der Waals surface area contributed by atoms with E-state index in [1.165, 1.54) is 24.2 Å². The summed E-state index contributed by atoms with van der Waals surface area (Å²) in [6.07, 6.45) is 4.82. The summed E-state index contributed by atoms with van der Waals surface area (Å²) in [6.45, 7) is 5.81. The van der Waals surface area contributed by atoms with E-state index in [1.807, 2.05) is 6.92 Å². The summed E-state index contributed by atoms with van der Waals surface area (Å²) in [6, 6.07) is 3.79. The van der Waals surface area contributed by atoms with Crippen LogP contribution in [0.4, 0.5) is 0 Å². The molecule has 1 aliphatic rings. The van der Waals surface area contributed by atoms with Crippen LogP contribution in [0.5, 0.6) is 0 Å². The lowest BCUT2D eigenvalue weighted by Gasteiger charge is -2.28. The lowest BCUT2D eigenvalue weighted by molar-refractivity contribution is 0.329. The minimum atomic E-state index is -3.40. The van der Waals surface area contributed by atoms with Crippen LogP contribution < -0.4 is 15.4 Å². The third-order valence-corrected chi connectivity index (χ3v) is 6.99. The van der Waals surface area contributed by atoms with Gasteiger partial charge in [-0.2, -0.15) is 0 Å². The molecule has 0 aliphatic heterocycles. The van der Waals surface area contributed by atoms with Crippen molar-refractivity contribution >= 4 is 51.3 Å². The molecule has 1 heterocycles. The van der Waals surface area contributed by atoms with Gasteiger partial charge in [0.1, 0.15) is 4.21 Å². The lowest BCUT2D eigenvalue weighted by Crippen LogP contribution is -2.45. The quantitative estimate of drug-likeness (QED) is 0.233. The normalized spacial score (nSPS) is 21.4. The first-order valence-corrected chi connectivity index (χ1v) is 11.0. The third-order valence-electron chi connectivity index (χ3n) is 4.13. The molecule has 0 aromatic carbocycles. The standard InChI is InChI=1S/C16H28N4O2S2.HI/c1-3-17-16(20-14-8-6-13(2)7-9-14)18-10-11-19-24(21,22)15-5-4-12-23-15;/h4-5,12-14,19H,3,6-11H2,1-2H3,(H2,17,18,20);1H. The van der Waals surface area contributed by atoms with Crippen molar-refractivity contribution < 1.29 is 8.42 Å². The van der Waals surface area contributed by atoms with Crippen LogP contribution in [0.1, 0.15) is 39.5 Å². The highest BCUT2D eigenvalue weighted by Crippen LogP contribution is 2.23. The maximum Gasteiger partial charge on any atom is 0.250 e. The maximum absolute atomic E-state index is 12.0. The van der Waals surface area contributed by atoms with Gasteiger partial charge in [-0.3, -0.25) is 4.99 Å². The van der Waals surface area contributed by atoms with Crippen molar-refractivity contribution in [3.8, 4) is 0 Å². The molecule has 0 atom stereocenters. The van der Waals surface area contributed by atoms with Crippen molar-refractivity contribution in [3.63, 3.8) is 0 Å². The van der Waals surface area contributed by atoms with Gasteiger partial charge in [0.2, 0.25) is 10.0 Å². The first-order valence-electron chi connectivity index (χ1n) is 8.59. The minimum absolute atomic E-state index is 0. The smallest absolute Gasteiger partial charge is 0.250 e. The number of guanidine groups is 1. The van der Waals surface area contributed by atoms with Gasteiger partial charge in [-0.05, 0) is 50.0 Å². The van der Waals surface area contributed by atoms with Crippen molar-refractivity contribution in [1.29, 1.82) is 0 Å². The highest BCUT2D eigenvalue weighted by Gasteiger charge is 2.19. The fourth-order valence-corrected chi connectivity index (χ4v) is 4.81. The van der Waals surface area contributed by atoms with Gasteiger partial charge in [-0.1, -0.05) is 13.0 Å². The third kappa shape index (κ3) is 7.79. The molecule has 3 N–H and O–H groups in total. The highest BCUT2D eigenvalue weighted by atomic mass is 127. The molecule has 144 valence electrons. The number of halogens is 1. The molecule has 1 aromatic heterocycles. The predicted molar refractivity (Wildman–Crippen MR) is 115 cm³/mol. The number of thiophene rings is 1. The zero-order valence-corrected chi connectivity index (χ0v) is 18.8. The van der Waals surface area contributed by atoms with Crippen LogP contribution in [0, 0.1) is 5.92 Å². The Hall–Kier alpha value is -0.390. The number of nitrogens with one attached hydrogen (secondary N) is 3. The fourth-order valence-electron chi connectivity index (χ4n) is 2.75. The number of rotatable bonds is 7. The first-order chi connectivity index (χ1) is 11.5. The Bertz CT molecular complexity index is 612. The molecule has 1 aromatic rings. The van der Waals surface area contributed by atoms with Crippen LogP contribution in [0.2, 0.25) is 0 Å². The molecule has 0 bridgehead atoms. The summed E-state index contributed by atoms with van der Waals surface area (Å²) in [7, 11) is -3.40. The van der Waals surface area contributed by atoms with E-state index in [1.54, 1.807) is 17.5 Å². The molecule has 0 saturated heterocycles. The van der Waals surface area contributed by atoms with Crippen LogP contribution in [0.25, 0.3) is 0 Å². The Morgan fingerprint density at radius 3 is 2.64 bits per heavy atom. The van der Waals surface area contributed by atoms with Gasteiger partial charge in [-0.25, -0.2) is 13.1 Å². The Kier molecular flexibility index (Phi) is 10.3. The Morgan fingerprint density at radius 2 is 2.04 bits per heavy atom. The summed E-state index contributed by atoms with van der Waals surface area (Å²) in [5.74, 6) is 1.58. The summed E-state index contributed by atoms with van der Waals surface area (Å²) >= 11 is 1.21. The zero-order chi connectivity index (χ0) is 17.4. The van der Waals surface area contributed by atoms with E-state index in [-0.39, 0.29) is 24.0 Å². The summed E-state index contributed by atoms with van der Waals surface area (Å²) in [5, 5.41) is 8.45. The molecule has 1 saturated carbocycles. The predicted octanol–water partition coefficient (Wildman–Crippen LogP) is 2.78. The SMILES string of the molecule is CCNC(=NCCNS(=O)(=O)c1cccs1)NC1CCC(C)CC1.I. The molecule has 2 rings (SSSR count). The van der Waals surface area contributed by atoms with E-state index < -0.39 is 10.0 Å². The molecule has 1 fully saturated rings. The molecular formula is C16H29IN4O2S2. The number of hydrogen-bond acceptors (Lipinski definition) is 4. The first kappa shape index (κ1) is 22.7. The summed E-state index contributed by atoms with van der Waals surface area (Å²) in [5.41, 5.74) is 0.